The summed E-state index contributed by atoms with van der Waals surface area (Å²) in [6.45, 7) is 4.57. The zero-order valence-electron chi connectivity index (χ0n) is 21.4. The van der Waals surface area contributed by atoms with E-state index in [2.05, 4.69) is 38.8 Å². The van der Waals surface area contributed by atoms with Crippen molar-refractivity contribution in [2.45, 2.75) is 44.9 Å². The number of imidazole rings is 1. The second-order valence-electron chi connectivity index (χ2n) is 9.23. The van der Waals surface area contributed by atoms with Crippen molar-refractivity contribution >= 4 is 22.9 Å². The molecule has 12 heteroatoms. The monoisotopic (exact) mass is 519 g/mol. The van der Waals surface area contributed by atoms with Crippen molar-refractivity contribution < 1.29 is 24.5 Å². The number of aromatic nitrogens is 5. The van der Waals surface area contributed by atoms with Gasteiger partial charge in [-0.15, -0.1) is 0 Å². The van der Waals surface area contributed by atoms with E-state index in [9.17, 15) is 15.0 Å². The molecule has 4 heterocycles. The van der Waals surface area contributed by atoms with E-state index in [1.165, 1.54) is 17.9 Å². The lowest BCUT2D eigenvalue weighted by atomic mass is 10.1. The average Bonchev–Trinajstić information content (AvgIpc) is 3.46. The fraction of sp³-hybridized carbons (Fsp3) is 0.346. The normalized spacial score (nSPS) is 21.0. The van der Waals surface area contributed by atoms with Crippen LogP contribution in [0.15, 0.2) is 43.0 Å². The molecular formula is C26H29N7O5. The highest BCUT2D eigenvalue weighted by molar-refractivity contribution is 5.85. The third-order valence-corrected chi connectivity index (χ3v) is 6.39. The quantitative estimate of drug-likeness (QED) is 0.282. The van der Waals surface area contributed by atoms with Crippen molar-refractivity contribution in [1.82, 2.24) is 29.8 Å². The fourth-order valence-corrected chi connectivity index (χ4v) is 4.61. The number of fused-ring (bicyclic) bond motifs is 1. The van der Waals surface area contributed by atoms with Gasteiger partial charge in [0.15, 0.2) is 35.1 Å². The number of nitrogens with zero attached hydrogens (tertiary/aromatic N) is 5. The summed E-state index contributed by atoms with van der Waals surface area (Å²) in [5.74, 6) is 0.790. The Morgan fingerprint density at radius 3 is 2.58 bits per heavy atom. The van der Waals surface area contributed by atoms with E-state index in [0.717, 1.165) is 16.7 Å². The van der Waals surface area contributed by atoms with Gasteiger partial charge in [-0.2, -0.15) is 0 Å². The van der Waals surface area contributed by atoms with Crippen LogP contribution in [0.5, 0.6) is 5.75 Å². The molecule has 0 radical (unpaired) electrons. The molecule has 4 atom stereocenters. The first-order chi connectivity index (χ1) is 18.3. The number of anilines is 1. The molecule has 5 rings (SSSR count). The van der Waals surface area contributed by atoms with Crippen LogP contribution in [0.2, 0.25) is 0 Å². The number of aliphatic hydroxyl groups is 2. The lowest BCUT2D eigenvalue weighted by Gasteiger charge is -2.17. The predicted molar refractivity (Wildman–Crippen MR) is 138 cm³/mol. The maximum atomic E-state index is 12.2. The largest absolute Gasteiger partial charge is 0.495 e. The van der Waals surface area contributed by atoms with E-state index in [-0.39, 0.29) is 0 Å². The van der Waals surface area contributed by atoms with Gasteiger partial charge in [-0.05, 0) is 25.5 Å². The zero-order chi connectivity index (χ0) is 27.0. The van der Waals surface area contributed by atoms with Crippen LogP contribution in [0.25, 0.3) is 22.6 Å². The summed E-state index contributed by atoms with van der Waals surface area (Å²) in [7, 11) is 2.98. The predicted octanol–water partition coefficient (Wildman–Crippen LogP) is 1.49. The van der Waals surface area contributed by atoms with Crippen LogP contribution in [-0.2, 0) is 16.1 Å². The highest BCUT2D eigenvalue weighted by Crippen LogP contribution is 2.34. The molecule has 1 saturated heterocycles. The molecule has 38 heavy (non-hydrogen) atoms. The van der Waals surface area contributed by atoms with Crippen LogP contribution in [0.1, 0.15) is 22.9 Å². The zero-order valence-corrected chi connectivity index (χ0v) is 21.4. The van der Waals surface area contributed by atoms with Gasteiger partial charge in [0, 0.05) is 25.4 Å². The maximum Gasteiger partial charge on any atom is 0.251 e. The van der Waals surface area contributed by atoms with E-state index in [1.807, 2.05) is 13.8 Å². The van der Waals surface area contributed by atoms with Crippen molar-refractivity contribution in [1.29, 1.82) is 0 Å². The summed E-state index contributed by atoms with van der Waals surface area (Å²) in [5, 5.41) is 27.0. The summed E-state index contributed by atoms with van der Waals surface area (Å²) in [4.78, 5) is 30.3. The molecule has 0 saturated carbocycles. The van der Waals surface area contributed by atoms with Crippen molar-refractivity contribution in [2.75, 3.05) is 19.5 Å². The Morgan fingerprint density at radius 2 is 1.87 bits per heavy atom. The van der Waals surface area contributed by atoms with E-state index in [0.29, 0.717) is 40.7 Å². The Kier molecular flexibility index (Phi) is 6.93. The molecule has 1 aliphatic heterocycles. The van der Waals surface area contributed by atoms with Gasteiger partial charge in [0.2, 0.25) is 0 Å². The van der Waals surface area contributed by atoms with Crippen molar-refractivity contribution in [3.63, 3.8) is 0 Å². The Balaban J connectivity index is 1.59. The minimum atomic E-state index is -1.43. The molecule has 1 aliphatic rings. The number of carbonyl (C=O) groups excluding carboxylic acids is 1. The minimum Gasteiger partial charge on any atom is -0.495 e. The molecule has 198 valence electrons. The molecule has 0 spiro atoms. The van der Waals surface area contributed by atoms with Gasteiger partial charge in [0.05, 0.1) is 19.6 Å². The van der Waals surface area contributed by atoms with Gasteiger partial charge in [0.1, 0.15) is 18.0 Å². The second-order valence-corrected chi connectivity index (χ2v) is 9.23. The summed E-state index contributed by atoms with van der Waals surface area (Å²) >= 11 is 0. The topological polar surface area (TPSA) is 157 Å². The fourth-order valence-electron chi connectivity index (χ4n) is 4.61. The van der Waals surface area contributed by atoms with Gasteiger partial charge < -0.3 is 30.3 Å². The van der Waals surface area contributed by atoms with Gasteiger partial charge in [0.25, 0.3) is 5.91 Å². The highest BCUT2D eigenvalue weighted by Gasteiger charge is 2.47. The van der Waals surface area contributed by atoms with E-state index in [4.69, 9.17) is 19.4 Å². The average molecular weight is 520 g/mol. The number of hydrogen-bond donors (Lipinski definition) is 4. The van der Waals surface area contributed by atoms with Crippen LogP contribution in [0.4, 0.5) is 5.82 Å². The number of methoxy groups -OCH3 is 1. The van der Waals surface area contributed by atoms with Gasteiger partial charge in [-0.1, -0.05) is 29.3 Å². The number of hydrogen-bond acceptors (Lipinski definition) is 10. The molecule has 4 aromatic rings. The van der Waals surface area contributed by atoms with Crippen LogP contribution >= 0.6 is 0 Å². The molecule has 0 aliphatic carbocycles. The van der Waals surface area contributed by atoms with Crippen molar-refractivity contribution in [3.8, 4) is 17.1 Å². The smallest absolute Gasteiger partial charge is 0.251 e. The van der Waals surface area contributed by atoms with Crippen LogP contribution in [-0.4, -0.2) is 73.1 Å². The Labute approximate surface area is 218 Å². The van der Waals surface area contributed by atoms with Crippen LogP contribution in [0, 0.1) is 13.8 Å². The number of amides is 1. The lowest BCUT2D eigenvalue weighted by Crippen LogP contribution is -2.41. The van der Waals surface area contributed by atoms with Gasteiger partial charge >= 0.3 is 0 Å². The summed E-state index contributed by atoms with van der Waals surface area (Å²) < 4.78 is 12.6. The Morgan fingerprint density at radius 1 is 1.11 bits per heavy atom. The summed E-state index contributed by atoms with van der Waals surface area (Å²) in [6, 6.07) is 8.05. The standard InChI is InChI=1S/C26H29N7O5/c1-13-5-14(2)7-15(6-13)9-29-23-18-24(32-22(31-23)16-8-17(37-4)11-28-10-16)33(12-30-18)26-20(35)19(34)21(38-26)25(36)27-3/h5-8,10-12,19-21,26,34-35H,9H2,1-4H3,(H,27,36)(H,29,31,32). The molecule has 1 fully saturated rings. The van der Waals surface area contributed by atoms with E-state index >= 15 is 0 Å². The lowest BCUT2D eigenvalue weighted by molar-refractivity contribution is -0.137. The number of ether oxygens (including phenoxy) is 2. The number of carbonyl (C=O) groups is 1. The molecule has 1 aromatic carbocycles. The Hall–Kier alpha value is -4.13. The van der Waals surface area contributed by atoms with E-state index < -0.39 is 30.4 Å². The van der Waals surface area contributed by atoms with Crippen LogP contribution < -0.4 is 15.4 Å². The first kappa shape index (κ1) is 25.5. The minimum absolute atomic E-state index is 0.337. The molecule has 4 unspecified atom stereocenters. The highest BCUT2D eigenvalue weighted by atomic mass is 16.6. The van der Waals surface area contributed by atoms with Crippen LogP contribution in [0.3, 0.4) is 0 Å². The SMILES string of the molecule is CNC(=O)C1OC(n2cnc3c(NCc4cc(C)cc(C)c4)nc(-c4cncc(OC)c4)nc32)C(O)C1O. The third-order valence-electron chi connectivity index (χ3n) is 6.39. The number of benzene rings is 1. The van der Waals surface area contributed by atoms with Gasteiger partial charge in [-0.25, -0.2) is 15.0 Å². The van der Waals surface area contributed by atoms with Gasteiger partial charge in [-0.3, -0.25) is 14.3 Å². The summed E-state index contributed by atoms with van der Waals surface area (Å²) in [5.41, 5.74) is 4.75. The number of aliphatic hydroxyl groups excluding tert-OH is 2. The summed E-state index contributed by atoms with van der Waals surface area (Å²) in [6.07, 6.45) is -0.526. The number of nitrogens with one attached hydrogen (secondary N) is 2. The molecule has 4 N–H and O–H groups in total. The molecule has 12 nitrogen and oxygen atoms in total. The number of likely N-dealkylation sites (N-methyl/N-ethyl adjacent to an activating group) is 1. The van der Waals surface area contributed by atoms with Crippen molar-refractivity contribution in [2.24, 2.45) is 0 Å². The number of rotatable bonds is 7. The number of aryl methyl sites for hydroxylation is 2. The number of pyridine rings is 1. The molecule has 3 aromatic heterocycles. The molecule has 0 bridgehead atoms. The van der Waals surface area contributed by atoms with Crippen molar-refractivity contribution in [3.05, 3.63) is 59.7 Å². The molecular weight excluding hydrogens is 490 g/mol. The molecule has 1 amide bonds. The first-order valence-electron chi connectivity index (χ1n) is 12.1. The Bertz CT molecular complexity index is 1470. The van der Waals surface area contributed by atoms with E-state index in [1.54, 1.807) is 25.6 Å². The third kappa shape index (κ3) is 4.76. The second kappa shape index (κ2) is 10.3. The first-order valence-corrected chi connectivity index (χ1v) is 12.1. The maximum absolute atomic E-state index is 12.2.